The molecule has 0 aliphatic rings. The molecule has 0 atom stereocenters. The van der Waals surface area contributed by atoms with Crippen molar-refractivity contribution in [1.29, 1.82) is 0 Å². The van der Waals surface area contributed by atoms with Crippen molar-refractivity contribution in [2.45, 2.75) is 12.1 Å². The average molecular weight is 181 g/mol. The van der Waals surface area contributed by atoms with E-state index in [4.69, 9.17) is 0 Å². The minimum absolute atomic E-state index is 0.475. The summed E-state index contributed by atoms with van der Waals surface area (Å²) < 4.78 is 0. The quantitative estimate of drug-likeness (QED) is 0.300. The number of aromatic nitrogens is 2. The van der Waals surface area contributed by atoms with E-state index < -0.39 is 0 Å². The van der Waals surface area contributed by atoms with Crippen LogP contribution in [0.1, 0.15) is 5.69 Å². The summed E-state index contributed by atoms with van der Waals surface area (Å²) in [4.78, 5) is 21.4. The van der Waals surface area contributed by atoms with Crippen molar-refractivity contribution in [1.82, 2.24) is 9.97 Å². The first-order valence-electron chi connectivity index (χ1n) is 3.23. The first-order chi connectivity index (χ1) is 5.77. The van der Waals surface area contributed by atoms with Crippen LogP contribution in [0.5, 0.6) is 0 Å². The van der Waals surface area contributed by atoms with Crippen LogP contribution in [0.2, 0.25) is 0 Å². The number of isocyanates is 1. The lowest BCUT2D eigenvalue weighted by Crippen LogP contribution is -1.88. The van der Waals surface area contributed by atoms with Crippen molar-refractivity contribution < 1.29 is 4.79 Å². The van der Waals surface area contributed by atoms with Crippen LogP contribution < -0.4 is 0 Å². The molecule has 0 bridgehead atoms. The standard InChI is InChI=1S/C7H7N3OS/c1-5-6(9-4-11)3-8-7(10-5)12-2/h3H,1-2H3. The maximum atomic E-state index is 9.93. The number of aliphatic imine (C=N–C) groups is 1. The summed E-state index contributed by atoms with van der Waals surface area (Å²) in [5.74, 6) is 0. The molecule has 0 N–H and O–H groups in total. The Kier molecular flexibility index (Phi) is 2.96. The highest BCUT2D eigenvalue weighted by atomic mass is 32.2. The van der Waals surface area contributed by atoms with E-state index in [-0.39, 0.29) is 0 Å². The zero-order chi connectivity index (χ0) is 8.97. The van der Waals surface area contributed by atoms with E-state index in [0.717, 1.165) is 0 Å². The van der Waals surface area contributed by atoms with Crippen LogP contribution in [0.3, 0.4) is 0 Å². The minimum atomic E-state index is 0.475. The zero-order valence-electron chi connectivity index (χ0n) is 6.74. The van der Waals surface area contributed by atoms with Gasteiger partial charge in [0.25, 0.3) is 0 Å². The van der Waals surface area contributed by atoms with Gasteiger partial charge in [-0.1, -0.05) is 11.8 Å². The molecule has 0 spiro atoms. The molecule has 0 saturated carbocycles. The third kappa shape index (κ3) is 1.90. The van der Waals surface area contributed by atoms with Crippen LogP contribution in [0.25, 0.3) is 0 Å². The van der Waals surface area contributed by atoms with Gasteiger partial charge in [-0.15, -0.1) is 0 Å². The molecule has 0 saturated heterocycles. The van der Waals surface area contributed by atoms with Gasteiger partial charge >= 0.3 is 0 Å². The molecule has 0 aliphatic carbocycles. The first kappa shape index (κ1) is 8.90. The van der Waals surface area contributed by atoms with E-state index in [2.05, 4.69) is 15.0 Å². The second kappa shape index (κ2) is 3.99. The van der Waals surface area contributed by atoms with Gasteiger partial charge in [0.15, 0.2) is 5.16 Å². The van der Waals surface area contributed by atoms with Crippen LogP contribution in [-0.4, -0.2) is 22.3 Å². The largest absolute Gasteiger partial charge is 0.240 e. The van der Waals surface area contributed by atoms with Gasteiger partial charge in [-0.3, -0.25) is 0 Å². The maximum absolute atomic E-state index is 9.93. The normalized spacial score (nSPS) is 9.17. The molecule has 0 aliphatic heterocycles. The summed E-state index contributed by atoms with van der Waals surface area (Å²) in [5.41, 5.74) is 1.17. The van der Waals surface area contributed by atoms with Gasteiger partial charge in [-0.25, -0.2) is 14.8 Å². The van der Waals surface area contributed by atoms with E-state index in [1.807, 2.05) is 6.26 Å². The highest BCUT2D eigenvalue weighted by Gasteiger charge is 1.99. The topological polar surface area (TPSA) is 55.2 Å². The molecule has 0 unspecified atom stereocenters. The van der Waals surface area contributed by atoms with Gasteiger partial charge in [-0.2, -0.15) is 4.99 Å². The van der Waals surface area contributed by atoms with Crippen molar-refractivity contribution in [3.8, 4) is 0 Å². The molecule has 5 heteroatoms. The predicted octanol–water partition coefficient (Wildman–Crippen LogP) is 1.47. The second-order valence-electron chi connectivity index (χ2n) is 2.03. The molecule has 1 aromatic heterocycles. The lowest BCUT2D eigenvalue weighted by atomic mass is 10.4. The van der Waals surface area contributed by atoms with E-state index in [0.29, 0.717) is 16.5 Å². The van der Waals surface area contributed by atoms with Crippen molar-refractivity contribution >= 4 is 23.5 Å². The third-order valence-corrected chi connectivity index (χ3v) is 1.84. The monoisotopic (exact) mass is 181 g/mol. The number of nitrogens with zero attached hydrogens (tertiary/aromatic N) is 3. The van der Waals surface area contributed by atoms with Crippen LogP contribution in [0, 0.1) is 6.92 Å². The summed E-state index contributed by atoms with van der Waals surface area (Å²) in [6.07, 6.45) is 4.85. The number of hydrogen-bond donors (Lipinski definition) is 0. The first-order valence-corrected chi connectivity index (χ1v) is 4.46. The van der Waals surface area contributed by atoms with E-state index >= 15 is 0 Å². The van der Waals surface area contributed by atoms with Crippen LogP contribution in [0.15, 0.2) is 16.3 Å². The predicted molar refractivity (Wildman–Crippen MR) is 46.3 cm³/mol. The van der Waals surface area contributed by atoms with Crippen LogP contribution in [0.4, 0.5) is 5.69 Å². The summed E-state index contributed by atoms with van der Waals surface area (Å²) in [5, 5.41) is 0.678. The molecule has 62 valence electrons. The van der Waals surface area contributed by atoms with Crippen molar-refractivity contribution in [3.63, 3.8) is 0 Å². The molecule has 0 radical (unpaired) electrons. The Labute approximate surface area is 74.1 Å². The Morgan fingerprint density at radius 2 is 2.42 bits per heavy atom. The molecular weight excluding hydrogens is 174 g/mol. The van der Waals surface area contributed by atoms with Gasteiger partial charge in [-0.05, 0) is 13.2 Å². The summed E-state index contributed by atoms with van der Waals surface area (Å²) in [7, 11) is 0. The van der Waals surface area contributed by atoms with Gasteiger partial charge in [0.1, 0.15) is 5.69 Å². The number of aryl methyl sites for hydroxylation is 1. The fourth-order valence-corrected chi connectivity index (χ4v) is 1.08. The van der Waals surface area contributed by atoms with Gasteiger partial charge in [0, 0.05) is 0 Å². The summed E-state index contributed by atoms with van der Waals surface area (Å²) >= 11 is 1.45. The summed E-state index contributed by atoms with van der Waals surface area (Å²) in [6, 6.07) is 0. The smallest absolute Gasteiger partial charge is 0.229 e. The fraction of sp³-hybridized carbons (Fsp3) is 0.286. The average Bonchev–Trinajstić information content (AvgIpc) is 2.09. The highest BCUT2D eigenvalue weighted by molar-refractivity contribution is 7.98. The van der Waals surface area contributed by atoms with Crippen LogP contribution in [-0.2, 0) is 4.79 Å². The van der Waals surface area contributed by atoms with Crippen LogP contribution >= 0.6 is 11.8 Å². The maximum Gasteiger partial charge on any atom is 0.240 e. The second-order valence-corrected chi connectivity index (χ2v) is 2.80. The van der Waals surface area contributed by atoms with Gasteiger partial charge < -0.3 is 0 Å². The molecule has 1 rings (SSSR count). The molecule has 12 heavy (non-hydrogen) atoms. The Hall–Kier alpha value is -1.19. The molecule has 0 aromatic carbocycles. The number of rotatable bonds is 2. The minimum Gasteiger partial charge on any atom is -0.229 e. The zero-order valence-corrected chi connectivity index (χ0v) is 7.55. The lowest BCUT2D eigenvalue weighted by Gasteiger charge is -1.97. The van der Waals surface area contributed by atoms with Gasteiger partial charge in [0.2, 0.25) is 6.08 Å². The van der Waals surface area contributed by atoms with E-state index in [1.54, 1.807) is 6.92 Å². The Morgan fingerprint density at radius 1 is 1.67 bits per heavy atom. The fourth-order valence-electron chi connectivity index (χ4n) is 0.697. The lowest BCUT2D eigenvalue weighted by molar-refractivity contribution is 0.565. The molecule has 1 aromatic rings. The molecule has 0 amide bonds. The van der Waals surface area contributed by atoms with Crippen molar-refractivity contribution in [2.75, 3.05) is 6.26 Å². The molecule has 1 heterocycles. The Morgan fingerprint density at radius 3 is 2.92 bits per heavy atom. The number of carbonyl (C=O) groups excluding carboxylic acids is 1. The molecule has 4 nitrogen and oxygen atoms in total. The molecular formula is C7H7N3OS. The Balaban J connectivity index is 3.11. The number of thioether (sulfide) groups is 1. The third-order valence-electron chi connectivity index (χ3n) is 1.28. The van der Waals surface area contributed by atoms with Crippen molar-refractivity contribution in [2.24, 2.45) is 4.99 Å². The van der Waals surface area contributed by atoms with E-state index in [1.165, 1.54) is 24.0 Å². The van der Waals surface area contributed by atoms with Crippen molar-refractivity contribution in [3.05, 3.63) is 11.9 Å². The van der Waals surface area contributed by atoms with Gasteiger partial charge in [0.05, 0.1) is 11.9 Å². The van der Waals surface area contributed by atoms with E-state index in [9.17, 15) is 4.79 Å². The SMILES string of the molecule is CSc1ncc(N=C=O)c(C)n1. The highest BCUT2D eigenvalue weighted by Crippen LogP contribution is 2.17. The number of hydrogen-bond acceptors (Lipinski definition) is 5. The Bertz CT molecular complexity index is 333. The summed E-state index contributed by atoms with van der Waals surface area (Å²) in [6.45, 7) is 1.78. The molecule has 0 fully saturated rings.